The Morgan fingerprint density at radius 3 is 3.29 bits per heavy atom. The lowest BCUT2D eigenvalue weighted by molar-refractivity contribution is -0.118. The molecule has 1 unspecified atom stereocenters. The van der Waals surface area contributed by atoms with Crippen LogP contribution in [0.15, 0.2) is 16.8 Å². The van der Waals surface area contributed by atoms with Crippen LogP contribution in [0.25, 0.3) is 0 Å². The molecule has 0 aliphatic carbocycles. The Bertz CT molecular complexity index is 280. The van der Waals surface area contributed by atoms with Crippen molar-refractivity contribution in [3.8, 4) is 0 Å². The molecule has 1 amide bonds. The topological polar surface area (TPSA) is 62.7 Å². The molecule has 2 aliphatic heterocycles. The van der Waals surface area contributed by atoms with E-state index in [1.807, 2.05) is 0 Å². The van der Waals surface area contributed by atoms with Gasteiger partial charge in [-0.25, -0.2) is 0 Å². The fraction of sp³-hybridized carbons (Fsp3) is 0.556. The molecule has 2 aliphatic rings. The van der Waals surface area contributed by atoms with E-state index >= 15 is 0 Å². The van der Waals surface area contributed by atoms with Gasteiger partial charge >= 0.3 is 0 Å². The van der Waals surface area contributed by atoms with Crippen LogP contribution in [-0.4, -0.2) is 38.0 Å². The van der Waals surface area contributed by atoms with E-state index < -0.39 is 0 Å². The molecule has 0 aromatic carbocycles. The fourth-order valence-electron chi connectivity index (χ4n) is 1.44. The SMILES string of the molecule is O=C(NC1CCOC1)C1=CCN=CN1. The lowest BCUT2D eigenvalue weighted by Gasteiger charge is -2.14. The quantitative estimate of drug-likeness (QED) is 0.619. The summed E-state index contributed by atoms with van der Waals surface area (Å²) >= 11 is 0. The van der Waals surface area contributed by atoms with Gasteiger partial charge < -0.3 is 15.4 Å². The highest BCUT2D eigenvalue weighted by Crippen LogP contribution is 2.04. The summed E-state index contributed by atoms with van der Waals surface area (Å²) in [6.45, 7) is 1.92. The van der Waals surface area contributed by atoms with Gasteiger partial charge in [-0.3, -0.25) is 9.79 Å². The number of nitrogens with one attached hydrogen (secondary N) is 2. The van der Waals surface area contributed by atoms with Crippen molar-refractivity contribution < 1.29 is 9.53 Å². The zero-order chi connectivity index (χ0) is 9.80. The summed E-state index contributed by atoms with van der Waals surface area (Å²) in [5, 5.41) is 5.70. The number of carbonyl (C=O) groups excluding carboxylic acids is 1. The van der Waals surface area contributed by atoms with Crippen LogP contribution in [-0.2, 0) is 9.53 Å². The number of nitrogens with zero attached hydrogens (tertiary/aromatic N) is 1. The average Bonchev–Trinajstić information content (AvgIpc) is 2.72. The van der Waals surface area contributed by atoms with Crippen molar-refractivity contribution in [1.82, 2.24) is 10.6 Å². The Morgan fingerprint density at radius 1 is 1.71 bits per heavy atom. The molecule has 0 radical (unpaired) electrons. The molecule has 14 heavy (non-hydrogen) atoms. The molecule has 0 aromatic heterocycles. The van der Waals surface area contributed by atoms with Gasteiger partial charge in [0, 0.05) is 6.61 Å². The molecule has 1 atom stereocenters. The first kappa shape index (κ1) is 9.21. The fourth-order valence-corrected chi connectivity index (χ4v) is 1.44. The summed E-state index contributed by atoms with van der Waals surface area (Å²) in [7, 11) is 0. The van der Waals surface area contributed by atoms with Crippen molar-refractivity contribution in [1.29, 1.82) is 0 Å². The van der Waals surface area contributed by atoms with Crippen molar-refractivity contribution >= 4 is 12.2 Å². The molecule has 0 saturated carbocycles. The van der Waals surface area contributed by atoms with Crippen LogP contribution in [0.5, 0.6) is 0 Å². The van der Waals surface area contributed by atoms with Crippen LogP contribution < -0.4 is 10.6 Å². The summed E-state index contributed by atoms with van der Waals surface area (Å²) in [5.74, 6) is -0.0772. The summed E-state index contributed by atoms with van der Waals surface area (Å²) in [6, 6.07) is 0.157. The molecular weight excluding hydrogens is 182 g/mol. The number of amides is 1. The molecule has 5 heteroatoms. The van der Waals surface area contributed by atoms with Crippen molar-refractivity contribution in [2.24, 2.45) is 4.99 Å². The smallest absolute Gasteiger partial charge is 0.267 e. The zero-order valence-corrected chi connectivity index (χ0v) is 7.82. The maximum absolute atomic E-state index is 11.6. The Labute approximate surface area is 82.2 Å². The Hall–Kier alpha value is -1.36. The van der Waals surface area contributed by atoms with Gasteiger partial charge in [-0.05, 0) is 12.5 Å². The molecular formula is C9H13N3O2. The van der Waals surface area contributed by atoms with Crippen LogP contribution in [0, 0.1) is 0 Å². The van der Waals surface area contributed by atoms with Gasteiger partial charge in [0.2, 0.25) is 0 Å². The molecule has 2 rings (SSSR count). The molecule has 2 heterocycles. The normalized spacial score (nSPS) is 25.4. The molecule has 0 spiro atoms. The van der Waals surface area contributed by atoms with Crippen molar-refractivity contribution in [2.75, 3.05) is 19.8 Å². The minimum atomic E-state index is -0.0772. The second-order valence-corrected chi connectivity index (χ2v) is 3.29. The highest BCUT2D eigenvalue weighted by Gasteiger charge is 2.19. The maximum Gasteiger partial charge on any atom is 0.267 e. The number of ether oxygens (including phenoxy) is 1. The van der Waals surface area contributed by atoms with Gasteiger partial charge in [0.15, 0.2) is 0 Å². The second kappa shape index (κ2) is 4.23. The molecule has 0 aromatic rings. The van der Waals surface area contributed by atoms with Crippen molar-refractivity contribution in [2.45, 2.75) is 12.5 Å². The predicted octanol–water partition coefficient (Wildman–Crippen LogP) is -0.593. The van der Waals surface area contributed by atoms with Gasteiger partial charge in [0.25, 0.3) is 5.91 Å². The van der Waals surface area contributed by atoms with E-state index in [2.05, 4.69) is 15.6 Å². The Morgan fingerprint density at radius 2 is 2.64 bits per heavy atom. The van der Waals surface area contributed by atoms with E-state index in [1.165, 1.54) is 0 Å². The minimum absolute atomic E-state index is 0.0772. The molecule has 1 saturated heterocycles. The lowest BCUT2D eigenvalue weighted by atomic mass is 10.2. The Kier molecular flexibility index (Phi) is 2.78. The largest absolute Gasteiger partial charge is 0.379 e. The molecule has 5 nitrogen and oxygen atoms in total. The number of rotatable bonds is 2. The molecule has 0 bridgehead atoms. The first-order chi connectivity index (χ1) is 6.86. The molecule has 76 valence electrons. The number of aliphatic imine (C=N–C) groups is 1. The van der Waals surface area contributed by atoms with Crippen molar-refractivity contribution in [3.63, 3.8) is 0 Å². The number of hydrogen-bond donors (Lipinski definition) is 2. The average molecular weight is 195 g/mol. The first-order valence-electron chi connectivity index (χ1n) is 4.70. The van der Waals surface area contributed by atoms with E-state index in [0.717, 1.165) is 13.0 Å². The van der Waals surface area contributed by atoms with Crippen molar-refractivity contribution in [3.05, 3.63) is 11.8 Å². The van der Waals surface area contributed by atoms with Crippen LogP contribution in [0.1, 0.15) is 6.42 Å². The van der Waals surface area contributed by atoms with Crippen LogP contribution in [0.4, 0.5) is 0 Å². The Balaban J connectivity index is 1.85. The van der Waals surface area contributed by atoms with Crippen LogP contribution in [0.3, 0.4) is 0 Å². The summed E-state index contributed by atoms with van der Waals surface area (Å²) in [5.41, 5.74) is 0.576. The third-order valence-electron chi connectivity index (χ3n) is 2.22. The van der Waals surface area contributed by atoms with E-state index in [4.69, 9.17) is 4.74 Å². The summed E-state index contributed by atoms with van der Waals surface area (Å²) in [4.78, 5) is 15.5. The van der Waals surface area contributed by atoms with Crippen LogP contribution in [0.2, 0.25) is 0 Å². The molecule has 2 N–H and O–H groups in total. The third kappa shape index (κ3) is 2.11. The van der Waals surface area contributed by atoms with Gasteiger partial charge in [-0.1, -0.05) is 0 Å². The monoisotopic (exact) mass is 195 g/mol. The summed E-state index contributed by atoms with van der Waals surface area (Å²) < 4.78 is 5.16. The van der Waals surface area contributed by atoms with E-state index in [-0.39, 0.29) is 11.9 Å². The van der Waals surface area contributed by atoms with Gasteiger partial charge in [-0.15, -0.1) is 0 Å². The van der Waals surface area contributed by atoms with Gasteiger partial charge in [-0.2, -0.15) is 0 Å². The number of hydrogen-bond acceptors (Lipinski definition) is 4. The van der Waals surface area contributed by atoms with Gasteiger partial charge in [0.1, 0.15) is 5.70 Å². The first-order valence-corrected chi connectivity index (χ1v) is 4.70. The predicted molar refractivity (Wildman–Crippen MR) is 51.9 cm³/mol. The highest BCUT2D eigenvalue weighted by atomic mass is 16.5. The van der Waals surface area contributed by atoms with E-state index in [9.17, 15) is 4.79 Å². The van der Waals surface area contributed by atoms with E-state index in [0.29, 0.717) is 18.8 Å². The van der Waals surface area contributed by atoms with Crippen LogP contribution >= 0.6 is 0 Å². The highest BCUT2D eigenvalue weighted by molar-refractivity contribution is 5.95. The third-order valence-corrected chi connectivity index (χ3v) is 2.22. The van der Waals surface area contributed by atoms with E-state index in [1.54, 1.807) is 12.4 Å². The standard InChI is InChI=1S/C9H13N3O2/c13-9(8-1-3-10-6-11-8)12-7-2-4-14-5-7/h1,6-7H,2-5H2,(H,10,11)(H,12,13). The summed E-state index contributed by atoms with van der Waals surface area (Å²) in [6.07, 6.45) is 4.21. The second-order valence-electron chi connectivity index (χ2n) is 3.29. The zero-order valence-electron chi connectivity index (χ0n) is 7.82. The van der Waals surface area contributed by atoms with Gasteiger partial charge in [0.05, 0.1) is 25.5 Å². The number of carbonyl (C=O) groups is 1. The lowest BCUT2D eigenvalue weighted by Crippen LogP contribution is -2.39. The minimum Gasteiger partial charge on any atom is -0.379 e. The molecule has 1 fully saturated rings. The maximum atomic E-state index is 11.6.